The predicted molar refractivity (Wildman–Crippen MR) is 136 cm³/mol. The molecule has 3 heterocycles. The van der Waals surface area contributed by atoms with Gasteiger partial charge in [0.15, 0.2) is 0 Å². The van der Waals surface area contributed by atoms with Gasteiger partial charge >= 0.3 is 5.97 Å². The number of carboxylic acid groups (broad SMARTS) is 1. The number of carboxylic acids is 1. The lowest BCUT2D eigenvalue weighted by atomic mass is 9.87. The summed E-state index contributed by atoms with van der Waals surface area (Å²) >= 11 is 2.34. The van der Waals surface area contributed by atoms with E-state index < -0.39 is 5.97 Å². The molecular weight excluding hydrogens is 513 g/mol. The second-order valence-corrected chi connectivity index (χ2v) is 9.93. The largest absolute Gasteiger partial charge is 0.480 e. The maximum absolute atomic E-state index is 11.5. The number of benzene rings is 2. The quantitative estimate of drug-likeness (QED) is 0.337. The summed E-state index contributed by atoms with van der Waals surface area (Å²) in [5.41, 5.74) is 5.63. The van der Waals surface area contributed by atoms with Crippen molar-refractivity contribution in [3.63, 3.8) is 0 Å². The molecular formula is C26H26IN3O2. The summed E-state index contributed by atoms with van der Waals surface area (Å²) in [7, 11) is 0. The van der Waals surface area contributed by atoms with E-state index in [0.29, 0.717) is 5.92 Å². The predicted octanol–water partition coefficient (Wildman–Crippen LogP) is 5.57. The summed E-state index contributed by atoms with van der Waals surface area (Å²) in [6.45, 7) is 5.00. The van der Waals surface area contributed by atoms with Gasteiger partial charge in [0.05, 0.1) is 11.2 Å². The van der Waals surface area contributed by atoms with Crippen LogP contribution in [0.15, 0.2) is 54.6 Å². The minimum atomic E-state index is -0.798. The molecule has 4 aromatic rings. The van der Waals surface area contributed by atoms with E-state index in [2.05, 4.69) is 76.9 Å². The number of nitrogens with zero attached hydrogens (tertiary/aromatic N) is 3. The average Bonchev–Trinajstić information content (AvgIpc) is 3.04. The summed E-state index contributed by atoms with van der Waals surface area (Å²) in [5, 5.41) is 11.8. The zero-order chi connectivity index (χ0) is 22.2. The number of hydrogen-bond donors (Lipinski definition) is 1. The van der Waals surface area contributed by atoms with Crippen LogP contribution in [0.2, 0.25) is 0 Å². The van der Waals surface area contributed by atoms with Crippen LogP contribution in [-0.4, -0.2) is 38.6 Å². The van der Waals surface area contributed by atoms with Crippen LogP contribution in [0.25, 0.3) is 21.8 Å². The van der Waals surface area contributed by atoms with E-state index in [-0.39, 0.29) is 6.54 Å². The fraction of sp³-hybridized carbons (Fsp3) is 0.308. The van der Waals surface area contributed by atoms with Gasteiger partial charge in [0.1, 0.15) is 6.54 Å². The third-order valence-electron chi connectivity index (χ3n) is 6.67. The molecule has 164 valence electrons. The molecule has 0 aliphatic carbocycles. The SMILES string of the molecule is Cc1c(C2CCN(Cc3ccc4ccccc4n3)CC2)c2cc(I)ccc2n1CC(=O)O. The minimum absolute atomic E-state index is 0.00933. The highest BCUT2D eigenvalue weighted by molar-refractivity contribution is 14.1. The van der Waals surface area contributed by atoms with Crippen molar-refractivity contribution in [2.75, 3.05) is 13.1 Å². The lowest BCUT2D eigenvalue weighted by molar-refractivity contribution is -0.137. The number of halogens is 1. The summed E-state index contributed by atoms with van der Waals surface area (Å²) < 4.78 is 3.15. The van der Waals surface area contributed by atoms with Gasteiger partial charge in [-0.05, 0) is 97.3 Å². The van der Waals surface area contributed by atoms with Gasteiger partial charge in [0.2, 0.25) is 0 Å². The molecule has 1 aliphatic heterocycles. The Hall–Kier alpha value is -2.45. The Labute approximate surface area is 201 Å². The van der Waals surface area contributed by atoms with Crippen LogP contribution in [-0.2, 0) is 17.9 Å². The number of piperidine rings is 1. The first-order valence-electron chi connectivity index (χ1n) is 11.1. The molecule has 0 radical (unpaired) electrons. The minimum Gasteiger partial charge on any atom is -0.480 e. The number of fused-ring (bicyclic) bond motifs is 2. The Kier molecular flexibility index (Phi) is 5.90. The number of rotatable bonds is 5. The second kappa shape index (κ2) is 8.83. The van der Waals surface area contributed by atoms with E-state index in [1.54, 1.807) is 0 Å². The van der Waals surface area contributed by atoms with Crippen molar-refractivity contribution in [1.82, 2.24) is 14.5 Å². The Morgan fingerprint density at radius 3 is 2.69 bits per heavy atom. The molecule has 6 heteroatoms. The maximum Gasteiger partial charge on any atom is 0.323 e. The smallest absolute Gasteiger partial charge is 0.323 e. The fourth-order valence-electron chi connectivity index (χ4n) is 5.14. The van der Waals surface area contributed by atoms with Crippen LogP contribution in [0, 0.1) is 10.5 Å². The zero-order valence-corrected chi connectivity index (χ0v) is 20.2. The standard InChI is InChI=1S/C26H26IN3O2/c1-17-26(22-14-20(27)7-9-24(22)30(17)16-25(31)32)19-10-12-29(13-11-19)15-21-8-6-18-4-2-3-5-23(18)28-21/h2-9,14,19H,10-13,15-16H2,1H3,(H,31,32). The molecule has 0 amide bonds. The second-order valence-electron chi connectivity index (χ2n) is 8.69. The zero-order valence-electron chi connectivity index (χ0n) is 18.1. The van der Waals surface area contributed by atoms with Crippen molar-refractivity contribution in [3.05, 3.63) is 75.1 Å². The van der Waals surface area contributed by atoms with Crippen LogP contribution in [0.4, 0.5) is 0 Å². The van der Waals surface area contributed by atoms with E-state index in [1.807, 2.05) is 16.7 Å². The molecule has 0 atom stereocenters. The number of hydrogen-bond acceptors (Lipinski definition) is 3. The van der Waals surface area contributed by atoms with E-state index in [1.165, 1.54) is 19.9 Å². The first kappa shape index (κ1) is 21.4. The summed E-state index contributed by atoms with van der Waals surface area (Å²) in [6, 6.07) is 18.9. The van der Waals surface area contributed by atoms with Crippen molar-refractivity contribution in [2.24, 2.45) is 0 Å². The molecule has 1 saturated heterocycles. The lowest BCUT2D eigenvalue weighted by Crippen LogP contribution is -2.32. The van der Waals surface area contributed by atoms with Gasteiger partial charge in [-0.2, -0.15) is 0 Å². The molecule has 2 aromatic carbocycles. The van der Waals surface area contributed by atoms with Gasteiger partial charge in [0, 0.05) is 32.1 Å². The number of pyridine rings is 1. The first-order valence-corrected chi connectivity index (χ1v) is 12.1. The Bertz CT molecular complexity index is 1310. The number of aromatic nitrogens is 2. The topological polar surface area (TPSA) is 58.4 Å². The molecule has 0 unspecified atom stereocenters. The van der Waals surface area contributed by atoms with Crippen molar-refractivity contribution < 1.29 is 9.90 Å². The van der Waals surface area contributed by atoms with Gasteiger partial charge in [-0.15, -0.1) is 0 Å². The summed E-state index contributed by atoms with van der Waals surface area (Å²) in [6.07, 6.45) is 2.15. The number of para-hydroxylation sites is 1. The third kappa shape index (κ3) is 4.13. The molecule has 0 saturated carbocycles. The molecule has 0 bridgehead atoms. The molecule has 5 nitrogen and oxygen atoms in total. The molecule has 1 fully saturated rings. The van der Waals surface area contributed by atoms with Gasteiger partial charge in [0.25, 0.3) is 0 Å². The molecule has 2 aromatic heterocycles. The van der Waals surface area contributed by atoms with Crippen molar-refractivity contribution in [2.45, 2.75) is 38.8 Å². The van der Waals surface area contributed by atoms with E-state index >= 15 is 0 Å². The van der Waals surface area contributed by atoms with Crippen LogP contribution in [0.5, 0.6) is 0 Å². The Morgan fingerprint density at radius 2 is 1.91 bits per heavy atom. The number of aliphatic carboxylic acids is 1. The highest BCUT2D eigenvalue weighted by Crippen LogP contribution is 2.38. The molecule has 1 aliphatic rings. The third-order valence-corrected chi connectivity index (χ3v) is 7.34. The normalized spacial score (nSPS) is 15.6. The fourth-order valence-corrected chi connectivity index (χ4v) is 5.63. The summed E-state index contributed by atoms with van der Waals surface area (Å²) in [5.74, 6) is -0.348. The van der Waals surface area contributed by atoms with Gasteiger partial charge in [-0.3, -0.25) is 14.7 Å². The summed E-state index contributed by atoms with van der Waals surface area (Å²) in [4.78, 5) is 18.8. The van der Waals surface area contributed by atoms with Gasteiger partial charge in [-0.25, -0.2) is 0 Å². The highest BCUT2D eigenvalue weighted by Gasteiger charge is 2.27. The van der Waals surface area contributed by atoms with Crippen LogP contribution in [0.1, 0.15) is 35.7 Å². The van der Waals surface area contributed by atoms with Gasteiger partial charge in [-0.1, -0.05) is 24.3 Å². The molecule has 32 heavy (non-hydrogen) atoms. The molecule has 5 rings (SSSR count). The van der Waals surface area contributed by atoms with Crippen molar-refractivity contribution >= 4 is 50.4 Å². The van der Waals surface area contributed by atoms with E-state index in [0.717, 1.165) is 54.9 Å². The molecule has 0 spiro atoms. The number of likely N-dealkylation sites (tertiary alicyclic amines) is 1. The van der Waals surface area contributed by atoms with E-state index in [9.17, 15) is 9.90 Å². The monoisotopic (exact) mass is 539 g/mol. The maximum atomic E-state index is 11.5. The van der Waals surface area contributed by atoms with Gasteiger partial charge < -0.3 is 9.67 Å². The first-order chi connectivity index (χ1) is 15.5. The van der Waals surface area contributed by atoms with Crippen LogP contribution < -0.4 is 0 Å². The Balaban J connectivity index is 1.36. The number of carbonyl (C=O) groups is 1. The van der Waals surface area contributed by atoms with Crippen LogP contribution >= 0.6 is 22.6 Å². The van der Waals surface area contributed by atoms with Crippen molar-refractivity contribution in [3.8, 4) is 0 Å². The average molecular weight is 539 g/mol. The van der Waals surface area contributed by atoms with Crippen molar-refractivity contribution in [1.29, 1.82) is 0 Å². The molecule has 1 N–H and O–H groups in total. The Morgan fingerprint density at radius 1 is 1.12 bits per heavy atom. The highest BCUT2D eigenvalue weighted by atomic mass is 127. The van der Waals surface area contributed by atoms with E-state index in [4.69, 9.17) is 4.98 Å². The van der Waals surface area contributed by atoms with Crippen LogP contribution in [0.3, 0.4) is 0 Å². The lowest BCUT2D eigenvalue weighted by Gasteiger charge is -2.32.